The van der Waals surface area contributed by atoms with Gasteiger partial charge in [0.05, 0.1) is 5.41 Å². The Morgan fingerprint density at radius 1 is 0.806 bits per heavy atom. The van der Waals surface area contributed by atoms with E-state index < -0.39 is 34.0 Å². The van der Waals surface area contributed by atoms with Crippen LogP contribution in [0.2, 0.25) is 0 Å². The second-order valence-electron chi connectivity index (χ2n) is 9.75. The molecule has 0 atom stereocenters. The largest absolute Gasteiger partial charge is 0.488 e. The molecule has 2 aromatic carbocycles. The standard InChI is InChI=1S/C26H34F2O3/c1-9-24(3,4)23(29)30-17-11-13-19(21(27)15-17)26(7,8)20-14-12-18(16-22(20)28)31-25(5,6)10-2/h11-16H,9-10H2,1-8H3. The lowest BCUT2D eigenvalue weighted by Crippen LogP contribution is -2.28. The van der Waals surface area contributed by atoms with Gasteiger partial charge in [-0.2, -0.15) is 0 Å². The first-order chi connectivity index (χ1) is 14.2. The van der Waals surface area contributed by atoms with E-state index in [-0.39, 0.29) is 5.75 Å². The number of esters is 1. The van der Waals surface area contributed by atoms with E-state index in [0.717, 1.165) is 6.42 Å². The maximum Gasteiger partial charge on any atom is 0.316 e. The fourth-order valence-corrected chi connectivity index (χ4v) is 3.06. The third-order valence-corrected chi connectivity index (χ3v) is 6.12. The van der Waals surface area contributed by atoms with E-state index in [4.69, 9.17) is 9.47 Å². The molecule has 0 unspecified atom stereocenters. The molecule has 170 valence electrons. The summed E-state index contributed by atoms with van der Waals surface area (Å²) in [5.74, 6) is -0.872. The van der Waals surface area contributed by atoms with E-state index in [1.165, 1.54) is 12.1 Å². The first kappa shape index (κ1) is 24.8. The topological polar surface area (TPSA) is 35.5 Å². The lowest BCUT2D eigenvalue weighted by molar-refractivity contribution is -0.144. The van der Waals surface area contributed by atoms with Gasteiger partial charge in [-0.3, -0.25) is 4.79 Å². The molecule has 0 aliphatic rings. The van der Waals surface area contributed by atoms with Crippen molar-refractivity contribution in [2.75, 3.05) is 0 Å². The van der Waals surface area contributed by atoms with Crippen molar-refractivity contribution in [3.63, 3.8) is 0 Å². The molecular formula is C26H34F2O3. The molecule has 0 heterocycles. The smallest absolute Gasteiger partial charge is 0.316 e. The van der Waals surface area contributed by atoms with Crippen LogP contribution in [-0.4, -0.2) is 11.6 Å². The summed E-state index contributed by atoms with van der Waals surface area (Å²) < 4.78 is 41.2. The van der Waals surface area contributed by atoms with Crippen LogP contribution in [0, 0.1) is 17.0 Å². The molecule has 3 nitrogen and oxygen atoms in total. The van der Waals surface area contributed by atoms with Crippen LogP contribution in [0.4, 0.5) is 8.78 Å². The van der Waals surface area contributed by atoms with Gasteiger partial charge in [0.1, 0.15) is 28.7 Å². The van der Waals surface area contributed by atoms with E-state index in [0.29, 0.717) is 23.3 Å². The molecule has 5 heteroatoms. The van der Waals surface area contributed by atoms with Gasteiger partial charge in [-0.15, -0.1) is 0 Å². The molecule has 0 aliphatic heterocycles. The van der Waals surface area contributed by atoms with E-state index in [9.17, 15) is 9.18 Å². The Morgan fingerprint density at radius 3 is 1.74 bits per heavy atom. The quantitative estimate of drug-likeness (QED) is 0.327. The van der Waals surface area contributed by atoms with Gasteiger partial charge in [-0.05, 0) is 63.8 Å². The van der Waals surface area contributed by atoms with Crippen LogP contribution in [0.3, 0.4) is 0 Å². The number of benzene rings is 2. The predicted molar refractivity (Wildman–Crippen MR) is 120 cm³/mol. The van der Waals surface area contributed by atoms with Crippen LogP contribution in [0.15, 0.2) is 36.4 Å². The van der Waals surface area contributed by atoms with Crippen molar-refractivity contribution in [2.45, 2.75) is 79.2 Å². The third-order valence-electron chi connectivity index (χ3n) is 6.12. The summed E-state index contributed by atoms with van der Waals surface area (Å²) in [5, 5.41) is 0. The van der Waals surface area contributed by atoms with E-state index >= 15 is 4.39 Å². The number of hydrogen-bond donors (Lipinski definition) is 0. The molecule has 0 bridgehead atoms. The van der Waals surface area contributed by atoms with Crippen LogP contribution in [-0.2, 0) is 10.2 Å². The van der Waals surface area contributed by atoms with Crippen LogP contribution >= 0.6 is 0 Å². The molecular weight excluding hydrogens is 398 g/mol. The number of rotatable bonds is 8. The third kappa shape index (κ3) is 5.63. The highest BCUT2D eigenvalue weighted by Gasteiger charge is 2.31. The maximum absolute atomic E-state index is 15.0. The van der Waals surface area contributed by atoms with Crippen molar-refractivity contribution in [3.05, 3.63) is 59.2 Å². The summed E-state index contributed by atoms with van der Waals surface area (Å²) >= 11 is 0. The average molecular weight is 433 g/mol. The van der Waals surface area contributed by atoms with Gasteiger partial charge in [-0.25, -0.2) is 8.78 Å². The zero-order chi connectivity index (χ0) is 23.6. The monoisotopic (exact) mass is 432 g/mol. The Bertz CT molecular complexity index is 946. The molecule has 0 radical (unpaired) electrons. The van der Waals surface area contributed by atoms with Crippen LogP contribution in [0.1, 0.15) is 79.4 Å². The molecule has 0 aromatic heterocycles. The fraction of sp³-hybridized carbons (Fsp3) is 0.500. The van der Waals surface area contributed by atoms with Gasteiger partial charge in [-0.1, -0.05) is 39.8 Å². The van der Waals surface area contributed by atoms with E-state index in [1.807, 2.05) is 27.7 Å². The molecule has 2 rings (SSSR count). The average Bonchev–Trinajstić information content (AvgIpc) is 2.67. The molecule has 0 fully saturated rings. The number of halogens is 2. The van der Waals surface area contributed by atoms with Crippen LogP contribution < -0.4 is 9.47 Å². The van der Waals surface area contributed by atoms with Gasteiger partial charge in [0.15, 0.2) is 0 Å². The normalized spacial score (nSPS) is 12.6. The molecule has 2 aromatic rings. The highest BCUT2D eigenvalue weighted by atomic mass is 19.1. The van der Waals surface area contributed by atoms with Crippen molar-refractivity contribution >= 4 is 5.97 Å². The first-order valence-corrected chi connectivity index (χ1v) is 10.7. The van der Waals surface area contributed by atoms with Crippen LogP contribution in [0.5, 0.6) is 11.5 Å². The molecule has 0 aliphatic carbocycles. The Hall–Kier alpha value is -2.43. The van der Waals surface area contributed by atoms with Gasteiger partial charge < -0.3 is 9.47 Å². The SMILES string of the molecule is CCC(C)(C)Oc1ccc(C(C)(C)c2ccc(OC(=O)C(C)(C)CC)cc2F)c(F)c1. The van der Waals surface area contributed by atoms with Gasteiger partial charge >= 0.3 is 5.97 Å². The molecule has 0 saturated heterocycles. The van der Waals surface area contributed by atoms with Gasteiger partial charge in [0.2, 0.25) is 0 Å². The van der Waals surface area contributed by atoms with Crippen molar-refractivity contribution in [1.82, 2.24) is 0 Å². The van der Waals surface area contributed by atoms with Gasteiger partial charge in [0, 0.05) is 17.5 Å². The second kappa shape index (κ2) is 8.97. The van der Waals surface area contributed by atoms with Crippen LogP contribution in [0.25, 0.3) is 0 Å². The number of hydrogen-bond acceptors (Lipinski definition) is 3. The molecule has 0 N–H and O–H groups in total. The first-order valence-electron chi connectivity index (χ1n) is 10.7. The molecule has 31 heavy (non-hydrogen) atoms. The van der Waals surface area contributed by atoms with E-state index in [1.54, 1.807) is 52.0 Å². The molecule has 0 spiro atoms. The summed E-state index contributed by atoms with van der Waals surface area (Å²) in [6.45, 7) is 14.8. The summed E-state index contributed by atoms with van der Waals surface area (Å²) in [6.07, 6.45) is 1.38. The summed E-state index contributed by atoms with van der Waals surface area (Å²) in [6, 6.07) is 8.95. The highest BCUT2D eigenvalue weighted by molar-refractivity contribution is 5.78. The lowest BCUT2D eigenvalue weighted by Gasteiger charge is -2.29. The van der Waals surface area contributed by atoms with Crippen molar-refractivity contribution in [3.8, 4) is 11.5 Å². The summed E-state index contributed by atoms with van der Waals surface area (Å²) in [4.78, 5) is 12.3. The minimum Gasteiger partial charge on any atom is -0.488 e. The molecule has 0 saturated carbocycles. The minimum absolute atomic E-state index is 0.134. The Kier molecular flexibility index (Phi) is 7.19. The van der Waals surface area contributed by atoms with Crippen molar-refractivity contribution in [1.29, 1.82) is 0 Å². The zero-order valence-electron chi connectivity index (χ0n) is 19.9. The predicted octanol–water partition coefficient (Wildman–Crippen LogP) is 7.20. The fourth-order valence-electron chi connectivity index (χ4n) is 3.06. The minimum atomic E-state index is -0.946. The van der Waals surface area contributed by atoms with Crippen molar-refractivity contribution in [2.24, 2.45) is 5.41 Å². The van der Waals surface area contributed by atoms with Gasteiger partial charge in [0.25, 0.3) is 0 Å². The maximum atomic E-state index is 15.0. The number of carbonyl (C=O) groups is 1. The number of ether oxygens (including phenoxy) is 2. The number of carbonyl (C=O) groups excluding carboxylic acids is 1. The Labute approximate surface area is 184 Å². The van der Waals surface area contributed by atoms with Crippen molar-refractivity contribution < 1.29 is 23.0 Å². The zero-order valence-corrected chi connectivity index (χ0v) is 19.9. The van der Waals surface area contributed by atoms with E-state index in [2.05, 4.69) is 0 Å². The Morgan fingerprint density at radius 2 is 1.29 bits per heavy atom. The lowest BCUT2D eigenvalue weighted by atomic mass is 9.77. The molecule has 0 amide bonds. The summed E-state index contributed by atoms with van der Waals surface area (Å²) in [7, 11) is 0. The summed E-state index contributed by atoms with van der Waals surface area (Å²) in [5.41, 5.74) is -1.35. The highest BCUT2D eigenvalue weighted by Crippen LogP contribution is 2.37. The second-order valence-corrected chi connectivity index (χ2v) is 9.75. The Balaban J connectivity index is 2.32.